The Morgan fingerprint density at radius 3 is 2.70 bits per heavy atom. The van der Waals surface area contributed by atoms with Crippen LogP contribution in [0.3, 0.4) is 0 Å². The Labute approximate surface area is 161 Å². The summed E-state index contributed by atoms with van der Waals surface area (Å²) < 4.78 is 6.01. The van der Waals surface area contributed by atoms with Gasteiger partial charge >= 0.3 is 5.97 Å². The van der Waals surface area contributed by atoms with E-state index in [1.165, 1.54) is 5.57 Å². The number of hydrogen-bond donors (Lipinski definition) is 1. The SMILES string of the molecule is C=C1C[C@@]2(C)C(=C/C1=N\O)C=C[C@@H]1[C@@H]2CC[C@@]2(C)[C@H]1CC[C@@]21CCC(=O)O1. The molecule has 1 spiro atoms. The van der Waals surface area contributed by atoms with Crippen LogP contribution in [-0.2, 0) is 9.53 Å². The highest BCUT2D eigenvalue weighted by atomic mass is 16.6. The van der Waals surface area contributed by atoms with Crippen molar-refractivity contribution in [1.82, 2.24) is 0 Å². The van der Waals surface area contributed by atoms with Gasteiger partial charge in [-0.2, -0.15) is 0 Å². The maximum Gasteiger partial charge on any atom is 0.306 e. The van der Waals surface area contributed by atoms with E-state index in [0.717, 1.165) is 44.1 Å². The number of esters is 1. The summed E-state index contributed by atoms with van der Waals surface area (Å²) >= 11 is 0. The largest absolute Gasteiger partial charge is 0.458 e. The number of fused-ring (bicyclic) bond motifs is 6. The fraction of sp³-hybridized carbons (Fsp3) is 0.652. The summed E-state index contributed by atoms with van der Waals surface area (Å²) in [6.07, 6.45) is 13.4. The van der Waals surface area contributed by atoms with Crippen LogP contribution in [0.1, 0.15) is 58.8 Å². The van der Waals surface area contributed by atoms with Crippen molar-refractivity contribution in [3.05, 3.63) is 36.0 Å². The van der Waals surface area contributed by atoms with E-state index >= 15 is 0 Å². The fourth-order valence-corrected chi connectivity index (χ4v) is 7.45. The molecule has 0 aromatic carbocycles. The summed E-state index contributed by atoms with van der Waals surface area (Å²) in [5.41, 5.74) is 2.73. The molecule has 1 saturated heterocycles. The number of hydrogen-bond acceptors (Lipinski definition) is 4. The first-order valence-electron chi connectivity index (χ1n) is 10.4. The standard InChI is InChI=1S/C23H29NO3/c1-14-13-21(2)15(12-19(14)24-26)4-5-16-17(21)6-9-22(3)18(16)7-10-23(22)11-8-20(25)27-23/h4-5,12,16-18,26H,1,6-11,13H2,2-3H3/b24-19+/t16-,17+,18+,21+,22+,23-/m1/s1. The van der Waals surface area contributed by atoms with Gasteiger partial charge in [-0.3, -0.25) is 4.79 Å². The van der Waals surface area contributed by atoms with Gasteiger partial charge < -0.3 is 9.94 Å². The zero-order valence-corrected chi connectivity index (χ0v) is 16.3. The maximum atomic E-state index is 12.0. The summed E-state index contributed by atoms with van der Waals surface area (Å²) in [6, 6.07) is 0. The van der Waals surface area contributed by atoms with E-state index in [2.05, 4.69) is 37.7 Å². The second kappa shape index (κ2) is 5.36. The van der Waals surface area contributed by atoms with E-state index in [1.807, 2.05) is 6.08 Å². The molecule has 3 fully saturated rings. The van der Waals surface area contributed by atoms with Crippen LogP contribution >= 0.6 is 0 Å². The topological polar surface area (TPSA) is 58.9 Å². The Morgan fingerprint density at radius 2 is 2.00 bits per heavy atom. The molecular formula is C23H29NO3. The third-order valence-electron chi connectivity index (χ3n) is 8.98. The zero-order chi connectivity index (χ0) is 19.0. The van der Waals surface area contributed by atoms with Gasteiger partial charge in [-0.15, -0.1) is 0 Å². The molecule has 5 rings (SSSR count). The van der Waals surface area contributed by atoms with Crippen LogP contribution in [0.5, 0.6) is 0 Å². The molecule has 1 aliphatic heterocycles. The maximum absolute atomic E-state index is 12.0. The van der Waals surface area contributed by atoms with E-state index in [4.69, 9.17) is 4.74 Å². The van der Waals surface area contributed by atoms with Crippen molar-refractivity contribution < 1.29 is 14.7 Å². The number of oxime groups is 1. The molecule has 1 heterocycles. The summed E-state index contributed by atoms with van der Waals surface area (Å²) in [7, 11) is 0. The number of nitrogens with zero attached hydrogens (tertiary/aromatic N) is 1. The van der Waals surface area contributed by atoms with Crippen LogP contribution in [-0.4, -0.2) is 22.5 Å². The second-order valence-corrected chi connectivity index (χ2v) is 9.90. The van der Waals surface area contributed by atoms with E-state index in [-0.39, 0.29) is 22.4 Å². The third-order valence-corrected chi connectivity index (χ3v) is 8.98. The molecular weight excluding hydrogens is 338 g/mol. The van der Waals surface area contributed by atoms with Gasteiger partial charge in [0.1, 0.15) is 11.3 Å². The van der Waals surface area contributed by atoms with Gasteiger partial charge in [0.25, 0.3) is 0 Å². The average molecular weight is 367 g/mol. The normalized spacial score (nSPS) is 49.6. The van der Waals surface area contributed by atoms with E-state index in [0.29, 0.717) is 29.9 Å². The Morgan fingerprint density at radius 1 is 1.22 bits per heavy atom. The molecule has 5 aliphatic rings. The Bertz CT molecular complexity index is 823. The lowest BCUT2D eigenvalue weighted by Gasteiger charge is -2.57. The smallest absolute Gasteiger partial charge is 0.306 e. The van der Waals surface area contributed by atoms with E-state index in [9.17, 15) is 10.0 Å². The summed E-state index contributed by atoms with van der Waals surface area (Å²) in [5.74, 6) is 1.65. The first kappa shape index (κ1) is 17.3. The quantitative estimate of drug-likeness (QED) is 0.380. The Balaban J connectivity index is 1.54. The highest BCUT2D eigenvalue weighted by Crippen LogP contribution is 2.68. The molecule has 2 saturated carbocycles. The number of rotatable bonds is 0. The number of ether oxygens (including phenoxy) is 1. The highest BCUT2D eigenvalue weighted by molar-refractivity contribution is 6.09. The molecule has 1 N–H and O–H groups in total. The number of carbonyl (C=O) groups excluding carboxylic acids is 1. The van der Waals surface area contributed by atoms with Crippen molar-refractivity contribution in [1.29, 1.82) is 0 Å². The molecule has 0 radical (unpaired) electrons. The summed E-state index contributed by atoms with van der Waals surface area (Å²) in [5, 5.41) is 12.7. The minimum Gasteiger partial charge on any atom is -0.458 e. The van der Waals surface area contributed by atoms with Crippen molar-refractivity contribution in [3.63, 3.8) is 0 Å². The lowest BCUT2D eigenvalue weighted by atomic mass is 9.48. The zero-order valence-electron chi connectivity index (χ0n) is 16.3. The van der Waals surface area contributed by atoms with Gasteiger partial charge in [0.05, 0.1) is 0 Å². The molecule has 0 unspecified atom stereocenters. The van der Waals surface area contributed by atoms with Crippen LogP contribution < -0.4 is 0 Å². The first-order chi connectivity index (χ1) is 12.8. The molecule has 4 aliphatic carbocycles. The highest BCUT2D eigenvalue weighted by Gasteiger charge is 2.66. The Hall–Kier alpha value is -1.84. The van der Waals surface area contributed by atoms with Crippen LogP contribution in [0.25, 0.3) is 0 Å². The van der Waals surface area contributed by atoms with E-state index < -0.39 is 0 Å². The van der Waals surface area contributed by atoms with Crippen LogP contribution in [0.2, 0.25) is 0 Å². The van der Waals surface area contributed by atoms with Crippen LogP contribution in [0.4, 0.5) is 0 Å². The predicted octanol–water partition coefficient (Wildman–Crippen LogP) is 4.80. The fourth-order valence-electron chi connectivity index (χ4n) is 7.45. The van der Waals surface area contributed by atoms with Crippen LogP contribution in [0, 0.1) is 28.6 Å². The van der Waals surface area contributed by atoms with Gasteiger partial charge in [-0.25, -0.2) is 0 Å². The monoisotopic (exact) mass is 367 g/mol. The van der Waals surface area contributed by atoms with Gasteiger partial charge in [-0.1, -0.05) is 37.7 Å². The average Bonchev–Trinajstić information content (AvgIpc) is 3.15. The van der Waals surface area contributed by atoms with Crippen molar-refractivity contribution in [3.8, 4) is 0 Å². The van der Waals surface area contributed by atoms with Crippen LogP contribution in [0.15, 0.2) is 41.1 Å². The molecule has 0 aromatic rings. The molecule has 0 bridgehead atoms. The second-order valence-electron chi connectivity index (χ2n) is 9.90. The molecule has 6 atom stereocenters. The van der Waals surface area contributed by atoms with Gasteiger partial charge in [0, 0.05) is 17.3 Å². The lowest BCUT2D eigenvalue weighted by molar-refractivity contribution is -0.165. The summed E-state index contributed by atoms with van der Waals surface area (Å²) in [6.45, 7) is 8.92. The minimum atomic E-state index is -0.225. The summed E-state index contributed by atoms with van der Waals surface area (Å²) in [4.78, 5) is 12.0. The van der Waals surface area contributed by atoms with Crippen molar-refractivity contribution in [2.45, 2.75) is 64.4 Å². The molecule has 4 heteroatoms. The first-order valence-corrected chi connectivity index (χ1v) is 10.4. The van der Waals surface area contributed by atoms with Gasteiger partial charge in [0.2, 0.25) is 0 Å². The lowest BCUT2D eigenvalue weighted by Crippen LogP contribution is -2.53. The molecule has 144 valence electrons. The van der Waals surface area contributed by atoms with E-state index in [1.54, 1.807) is 0 Å². The molecule has 27 heavy (non-hydrogen) atoms. The molecule has 0 aromatic heterocycles. The Kier molecular flexibility index (Phi) is 3.43. The van der Waals surface area contributed by atoms with Gasteiger partial charge in [-0.05, 0) is 73.5 Å². The number of allylic oxidation sites excluding steroid dienone is 5. The van der Waals surface area contributed by atoms with Crippen molar-refractivity contribution >= 4 is 11.7 Å². The van der Waals surface area contributed by atoms with Gasteiger partial charge in [0.15, 0.2) is 0 Å². The minimum absolute atomic E-state index is 0.00485. The van der Waals surface area contributed by atoms with Crippen molar-refractivity contribution in [2.75, 3.05) is 0 Å². The predicted molar refractivity (Wildman–Crippen MR) is 103 cm³/mol. The molecule has 0 amide bonds. The molecule has 4 nitrogen and oxygen atoms in total. The van der Waals surface area contributed by atoms with Crippen molar-refractivity contribution in [2.24, 2.45) is 33.7 Å². The third kappa shape index (κ3) is 2.05. The number of carbonyl (C=O) groups is 1.